The Morgan fingerprint density at radius 3 is 0.562 bits per heavy atom. The van der Waals surface area contributed by atoms with Gasteiger partial charge >= 0.3 is 40.8 Å². The molecule has 0 aromatic rings. The maximum atomic E-state index is 10.1. The molecule has 0 spiro atoms. The minimum atomic E-state index is -5.42. The summed E-state index contributed by atoms with van der Waals surface area (Å²) in [7, 11) is -16.2. The zero-order valence-electron chi connectivity index (χ0n) is 6.53. The summed E-state index contributed by atoms with van der Waals surface area (Å²) in [5.74, 6) is 0. The van der Waals surface area contributed by atoms with Crippen molar-refractivity contribution in [1.82, 2.24) is 0 Å². The quantitative estimate of drug-likeness (QED) is 0.312. The first-order chi connectivity index (χ1) is 6.00. The third-order valence-electron chi connectivity index (χ3n) is 0. The molecule has 16 heavy (non-hydrogen) atoms. The van der Waals surface area contributed by atoms with Crippen molar-refractivity contribution in [2.24, 2.45) is 0 Å². The van der Waals surface area contributed by atoms with Gasteiger partial charge in [-0.05, 0) is 0 Å². The van der Waals surface area contributed by atoms with Gasteiger partial charge in [-0.15, -0.1) is 11.7 Å². The predicted octanol–water partition coefficient (Wildman–Crippen LogP) is -1.75. The predicted molar refractivity (Wildman–Crippen MR) is 32.4 cm³/mol. The fourth-order valence-electron chi connectivity index (χ4n) is 0. The van der Waals surface area contributed by atoms with Crippen LogP contribution in [0.15, 0.2) is 0 Å². The van der Waals surface area contributed by atoms with E-state index >= 15 is 0 Å². The Kier molecular flexibility index (Phi) is 15.8. The molecule has 0 atom stereocenters. The Labute approximate surface area is 122 Å². The first kappa shape index (κ1) is 25.7. The van der Waals surface area contributed by atoms with Gasteiger partial charge in [0.25, 0.3) is 31.5 Å². The molecule has 97 valence electrons. The topological polar surface area (TPSA) is 172 Å². The van der Waals surface area contributed by atoms with Gasteiger partial charge in [0.1, 0.15) is 0 Å². The second-order valence-corrected chi connectivity index (χ2v) is 3.54. The summed E-state index contributed by atoms with van der Waals surface area (Å²) in [4.78, 5) is 0. The Balaban J connectivity index is -0.0000000655. The maximum Gasteiger partial charge on any atom is 3.00 e. The molecule has 0 heterocycles. The average Bonchev–Trinajstić information content (AvgIpc) is 1.41. The largest absolute Gasteiger partial charge is 3.00 e. The van der Waals surface area contributed by atoms with Crippen LogP contribution in [0.25, 0.3) is 0 Å². The van der Waals surface area contributed by atoms with Crippen LogP contribution in [0.5, 0.6) is 0 Å². The van der Waals surface area contributed by atoms with E-state index in [4.69, 9.17) is 38.9 Å². The molecule has 0 unspecified atom stereocenters. The van der Waals surface area contributed by atoms with Crippen LogP contribution in [0.2, 0.25) is 0 Å². The molecule has 0 aliphatic carbocycles. The Bertz CT molecular complexity index is 347. The Hall–Kier alpha value is 0.871. The van der Waals surface area contributed by atoms with Crippen molar-refractivity contribution in [3.8, 4) is 0 Å². The standard InChI is InChI=1S/3FHO3S.Nd/c3*1-5(2,3)4;/h3*(H,2,3,4);/q;;;+3/p-3. The number of rotatable bonds is 0. The van der Waals surface area contributed by atoms with E-state index < -0.39 is 31.5 Å². The van der Waals surface area contributed by atoms with Crippen LogP contribution in [0.1, 0.15) is 0 Å². The second-order valence-electron chi connectivity index (χ2n) is 1.18. The van der Waals surface area contributed by atoms with Gasteiger partial charge in [-0.25, -0.2) is 25.3 Å². The van der Waals surface area contributed by atoms with E-state index in [9.17, 15) is 11.7 Å². The molecular formula is F3NdO9S3. The molecule has 1 radical (unpaired) electrons. The van der Waals surface area contributed by atoms with Crippen LogP contribution >= 0.6 is 0 Å². The van der Waals surface area contributed by atoms with Crippen LogP contribution in [0.3, 0.4) is 0 Å². The number of halogens is 3. The summed E-state index contributed by atoms with van der Waals surface area (Å²) in [5, 5.41) is 0. The van der Waals surface area contributed by atoms with Gasteiger partial charge in [-0.2, -0.15) is 0 Å². The van der Waals surface area contributed by atoms with Gasteiger partial charge in [-0.3, -0.25) is 0 Å². The van der Waals surface area contributed by atoms with Gasteiger partial charge in [0, 0.05) is 0 Å². The molecule has 0 bridgehead atoms. The summed E-state index contributed by atoms with van der Waals surface area (Å²) in [6.45, 7) is 0. The molecule has 9 nitrogen and oxygen atoms in total. The third-order valence-corrected chi connectivity index (χ3v) is 0. The fourth-order valence-corrected chi connectivity index (χ4v) is 0. The first-order valence-corrected chi connectivity index (χ1v) is 5.89. The summed E-state index contributed by atoms with van der Waals surface area (Å²) >= 11 is 0. The fraction of sp³-hybridized carbons (Fsp3) is 0. The van der Waals surface area contributed by atoms with Crippen molar-refractivity contribution < 1.29 is 91.4 Å². The maximum absolute atomic E-state index is 10.1. The summed E-state index contributed by atoms with van der Waals surface area (Å²) in [6.07, 6.45) is 0. The van der Waals surface area contributed by atoms with E-state index in [-0.39, 0.29) is 40.8 Å². The monoisotopic (exact) mass is 439 g/mol. The first-order valence-electron chi connectivity index (χ1n) is 1.96. The summed E-state index contributed by atoms with van der Waals surface area (Å²) in [6, 6.07) is 0. The average molecular weight is 441 g/mol. The van der Waals surface area contributed by atoms with Gasteiger partial charge in [-0.1, -0.05) is 0 Å². The molecule has 0 saturated carbocycles. The van der Waals surface area contributed by atoms with E-state index in [0.29, 0.717) is 0 Å². The van der Waals surface area contributed by atoms with E-state index in [1.54, 1.807) is 0 Å². The SMILES string of the molecule is O=S(=O)([O-])F.O=S(=O)([O-])F.O=S(=O)([O-])F.[Nd+3]. The molecule has 0 rings (SSSR count). The molecule has 0 N–H and O–H groups in total. The van der Waals surface area contributed by atoms with E-state index in [0.717, 1.165) is 0 Å². The van der Waals surface area contributed by atoms with E-state index in [2.05, 4.69) is 0 Å². The Morgan fingerprint density at radius 1 is 0.562 bits per heavy atom. The second kappa shape index (κ2) is 9.86. The molecule has 0 aliphatic rings. The van der Waals surface area contributed by atoms with Crippen molar-refractivity contribution in [1.29, 1.82) is 0 Å². The van der Waals surface area contributed by atoms with Crippen molar-refractivity contribution in [3.05, 3.63) is 0 Å². The summed E-state index contributed by atoms with van der Waals surface area (Å²) in [5.41, 5.74) is 0. The van der Waals surface area contributed by atoms with Gasteiger partial charge in [0.05, 0.1) is 0 Å². The molecular weight excluding hydrogens is 441 g/mol. The number of hydrogen-bond acceptors (Lipinski definition) is 9. The van der Waals surface area contributed by atoms with Crippen LogP contribution in [-0.2, 0) is 31.5 Å². The molecule has 0 aliphatic heterocycles. The minimum Gasteiger partial charge on any atom is -0.722 e. The Morgan fingerprint density at radius 2 is 0.562 bits per heavy atom. The van der Waals surface area contributed by atoms with Crippen molar-refractivity contribution in [2.45, 2.75) is 0 Å². The van der Waals surface area contributed by atoms with E-state index in [1.165, 1.54) is 0 Å². The molecule has 0 aromatic heterocycles. The van der Waals surface area contributed by atoms with Gasteiger partial charge in [0.2, 0.25) is 0 Å². The molecule has 0 fully saturated rings. The normalized spacial score (nSPS) is 10.9. The van der Waals surface area contributed by atoms with Crippen LogP contribution in [0, 0.1) is 40.8 Å². The molecule has 0 amide bonds. The molecule has 0 saturated heterocycles. The third kappa shape index (κ3) is 3770. The minimum absolute atomic E-state index is 0. The van der Waals surface area contributed by atoms with E-state index in [1.807, 2.05) is 0 Å². The zero-order valence-corrected chi connectivity index (χ0v) is 12.2. The van der Waals surface area contributed by atoms with Gasteiger partial charge in [0.15, 0.2) is 0 Å². The van der Waals surface area contributed by atoms with Crippen molar-refractivity contribution in [3.63, 3.8) is 0 Å². The van der Waals surface area contributed by atoms with Gasteiger partial charge < -0.3 is 13.7 Å². The zero-order chi connectivity index (χ0) is 13.5. The number of hydrogen-bond donors (Lipinski definition) is 0. The molecule has 0 aromatic carbocycles. The van der Waals surface area contributed by atoms with Crippen LogP contribution in [0.4, 0.5) is 11.7 Å². The smallest absolute Gasteiger partial charge is 0.722 e. The summed E-state index contributed by atoms with van der Waals surface area (Å²) < 4.78 is 106. The van der Waals surface area contributed by atoms with Crippen LogP contribution < -0.4 is 0 Å². The molecule has 16 heteroatoms. The van der Waals surface area contributed by atoms with Crippen molar-refractivity contribution in [2.75, 3.05) is 0 Å². The van der Waals surface area contributed by atoms with Crippen molar-refractivity contribution >= 4 is 31.5 Å². The van der Waals surface area contributed by atoms with Crippen LogP contribution in [-0.4, -0.2) is 38.9 Å².